The van der Waals surface area contributed by atoms with Crippen LogP contribution in [0.4, 0.5) is 0 Å². The first kappa shape index (κ1) is 11.7. The van der Waals surface area contributed by atoms with Crippen molar-refractivity contribution in [2.24, 2.45) is 0 Å². The van der Waals surface area contributed by atoms with Crippen LogP contribution >= 0.6 is 0 Å². The molecule has 0 bridgehead atoms. The van der Waals surface area contributed by atoms with Crippen LogP contribution in [0.25, 0.3) is 0 Å². The molecule has 0 aromatic carbocycles. The lowest BCUT2D eigenvalue weighted by Gasteiger charge is -2.28. The zero-order valence-electron chi connectivity index (χ0n) is 9.34. The maximum Gasteiger partial charge on any atom is 0.0558 e. The minimum Gasteiger partial charge on any atom is -0.395 e. The molecule has 0 saturated heterocycles. The summed E-state index contributed by atoms with van der Waals surface area (Å²) in [6.45, 7) is 8.24. The van der Waals surface area contributed by atoms with Gasteiger partial charge in [0.1, 0.15) is 0 Å². The van der Waals surface area contributed by atoms with E-state index in [1.54, 1.807) is 0 Å². The van der Waals surface area contributed by atoms with Crippen molar-refractivity contribution < 1.29 is 5.11 Å². The fraction of sp³-hybridized carbons (Fsp3) is 0.833. The Morgan fingerprint density at radius 1 is 1.43 bits per heavy atom. The van der Waals surface area contributed by atoms with Crippen molar-refractivity contribution in [3.8, 4) is 0 Å². The Bertz CT molecular complexity index is 173. The second-order valence-corrected chi connectivity index (χ2v) is 4.24. The Balaban J connectivity index is 2.40. The van der Waals surface area contributed by atoms with Crippen molar-refractivity contribution in [3.63, 3.8) is 0 Å². The van der Waals surface area contributed by atoms with E-state index < -0.39 is 0 Å². The van der Waals surface area contributed by atoms with Crippen LogP contribution in [0.1, 0.15) is 39.0 Å². The average molecular weight is 197 g/mol. The first-order valence-corrected chi connectivity index (χ1v) is 5.79. The topological polar surface area (TPSA) is 23.5 Å². The van der Waals surface area contributed by atoms with E-state index in [-0.39, 0.29) is 6.61 Å². The van der Waals surface area contributed by atoms with E-state index in [4.69, 9.17) is 5.11 Å². The summed E-state index contributed by atoms with van der Waals surface area (Å²) in [4.78, 5) is 2.40. The maximum absolute atomic E-state index is 9.01. The second kappa shape index (κ2) is 6.20. The molecule has 0 atom stereocenters. The predicted octanol–water partition coefficient (Wildman–Crippen LogP) is 2.19. The summed E-state index contributed by atoms with van der Waals surface area (Å²) in [5, 5.41) is 9.01. The second-order valence-electron chi connectivity index (χ2n) is 4.24. The van der Waals surface area contributed by atoms with Crippen molar-refractivity contribution >= 4 is 0 Å². The van der Waals surface area contributed by atoms with E-state index in [1.165, 1.54) is 31.3 Å². The summed E-state index contributed by atoms with van der Waals surface area (Å²) >= 11 is 0. The van der Waals surface area contributed by atoms with Gasteiger partial charge in [-0.25, -0.2) is 0 Å². The van der Waals surface area contributed by atoms with Gasteiger partial charge in [-0.2, -0.15) is 0 Å². The Kier molecular flexibility index (Phi) is 5.20. The third-order valence-electron chi connectivity index (χ3n) is 3.16. The number of aliphatic hydroxyl groups is 1. The summed E-state index contributed by atoms with van der Waals surface area (Å²) in [6, 6.07) is 0.699. The quantitative estimate of drug-likeness (QED) is 0.660. The summed E-state index contributed by atoms with van der Waals surface area (Å²) in [5.41, 5.74) is 1.28. The molecule has 1 N–H and O–H groups in total. The van der Waals surface area contributed by atoms with Crippen molar-refractivity contribution in [2.75, 3.05) is 19.7 Å². The highest BCUT2D eigenvalue weighted by molar-refractivity contribution is 4.97. The Morgan fingerprint density at radius 3 is 2.57 bits per heavy atom. The van der Waals surface area contributed by atoms with E-state index >= 15 is 0 Å². The molecule has 1 aliphatic carbocycles. The molecule has 1 aliphatic rings. The Hall–Kier alpha value is -0.340. The normalized spacial score (nSPS) is 17.9. The SMILES string of the molecule is C=C(CC)CN(CCO)C1CCCC1. The minimum absolute atomic E-state index is 0.271. The maximum atomic E-state index is 9.01. The van der Waals surface area contributed by atoms with Crippen LogP contribution in [-0.2, 0) is 0 Å². The zero-order valence-corrected chi connectivity index (χ0v) is 9.34. The van der Waals surface area contributed by atoms with Gasteiger partial charge in [0.2, 0.25) is 0 Å². The third kappa shape index (κ3) is 3.43. The average Bonchev–Trinajstić information content (AvgIpc) is 2.69. The van der Waals surface area contributed by atoms with Crippen molar-refractivity contribution in [3.05, 3.63) is 12.2 Å². The zero-order chi connectivity index (χ0) is 10.4. The smallest absolute Gasteiger partial charge is 0.0558 e. The number of hydrogen-bond acceptors (Lipinski definition) is 2. The van der Waals surface area contributed by atoms with Gasteiger partial charge in [0.05, 0.1) is 6.61 Å². The minimum atomic E-state index is 0.271. The lowest BCUT2D eigenvalue weighted by molar-refractivity contribution is 0.162. The molecular formula is C12H23NO. The molecule has 0 spiro atoms. The summed E-state index contributed by atoms with van der Waals surface area (Å²) in [5.74, 6) is 0. The Morgan fingerprint density at radius 2 is 2.07 bits per heavy atom. The third-order valence-corrected chi connectivity index (χ3v) is 3.16. The van der Waals surface area contributed by atoms with Crippen LogP contribution in [0.15, 0.2) is 12.2 Å². The first-order valence-electron chi connectivity index (χ1n) is 5.79. The fourth-order valence-electron chi connectivity index (χ4n) is 2.19. The lowest BCUT2D eigenvalue weighted by Crippen LogP contribution is -2.36. The highest BCUT2D eigenvalue weighted by Crippen LogP contribution is 2.23. The van der Waals surface area contributed by atoms with Gasteiger partial charge in [0.15, 0.2) is 0 Å². The van der Waals surface area contributed by atoms with Gasteiger partial charge in [-0.3, -0.25) is 4.90 Å². The van der Waals surface area contributed by atoms with Crippen LogP contribution in [-0.4, -0.2) is 35.7 Å². The van der Waals surface area contributed by atoms with E-state index in [1.807, 2.05) is 0 Å². The van der Waals surface area contributed by atoms with Gasteiger partial charge >= 0.3 is 0 Å². The summed E-state index contributed by atoms with van der Waals surface area (Å²) in [7, 11) is 0. The molecule has 82 valence electrons. The largest absolute Gasteiger partial charge is 0.395 e. The van der Waals surface area contributed by atoms with Crippen molar-refractivity contribution in [1.29, 1.82) is 0 Å². The standard InChI is InChI=1S/C12H23NO/c1-3-11(2)10-13(8-9-14)12-6-4-5-7-12/h12,14H,2-10H2,1H3. The molecule has 14 heavy (non-hydrogen) atoms. The number of hydrogen-bond donors (Lipinski definition) is 1. The first-order chi connectivity index (χ1) is 6.77. The number of aliphatic hydroxyl groups excluding tert-OH is 1. The van der Waals surface area contributed by atoms with Gasteiger partial charge in [0.25, 0.3) is 0 Å². The van der Waals surface area contributed by atoms with Crippen LogP contribution in [0, 0.1) is 0 Å². The monoisotopic (exact) mass is 197 g/mol. The molecule has 0 aromatic heterocycles. The molecular weight excluding hydrogens is 174 g/mol. The Labute approximate surface area is 87.6 Å². The number of rotatable bonds is 6. The molecule has 0 heterocycles. The van der Waals surface area contributed by atoms with Gasteiger partial charge in [-0.1, -0.05) is 31.9 Å². The van der Waals surface area contributed by atoms with E-state index in [0.717, 1.165) is 19.5 Å². The van der Waals surface area contributed by atoms with Gasteiger partial charge in [-0.15, -0.1) is 0 Å². The van der Waals surface area contributed by atoms with Gasteiger partial charge in [-0.05, 0) is 19.3 Å². The highest BCUT2D eigenvalue weighted by atomic mass is 16.3. The molecule has 0 aromatic rings. The lowest BCUT2D eigenvalue weighted by atomic mass is 10.1. The van der Waals surface area contributed by atoms with E-state index in [9.17, 15) is 0 Å². The molecule has 2 nitrogen and oxygen atoms in total. The summed E-state index contributed by atoms with van der Waals surface area (Å²) in [6.07, 6.45) is 6.36. The molecule has 0 aliphatic heterocycles. The number of nitrogens with zero attached hydrogens (tertiary/aromatic N) is 1. The molecule has 0 amide bonds. The van der Waals surface area contributed by atoms with Crippen LogP contribution < -0.4 is 0 Å². The van der Waals surface area contributed by atoms with Gasteiger partial charge in [0, 0.05) is 19.1 Å². The molecule has 1 saturated carbocycles. The van der Waals surface area contributed by atoms with Crippen LogP contribution in [0.2, 0.25) is 0 Å². The van der Waals surface area contributed by atoms with E-state index in [2.05, 4.69) is 18.4 Å². The molecule has 0 radical (unpaired) electrons. The van der Waals surface area contributed by atoms with Gasteiger partial charge < -0.3 is 5.11 Å². The van der Waals surface area contributed by atoms with E-state index in [0.29, 0.717) is 6.04 Å². The molecule has 0 unspecified atom stereocenters. The predicted molar refractivity (Wildman–Crippen MR) is 60.3 cm³/mol. The molecule has 1 fully saturated rings. The highest BCUT2D eigenvalue weighted by Gasteiger charge is 2.21. The fourth-order valence-corrected chi connectivity index (χ4v) is 2.19. The molecule has 2 heteroatoms. The summed E-state index contributed by atoms with van der Waals surface area (Å²) < 4.78 is 0. The van der Waals surface area contributed by atoms with Crippen LogP contribution in [0.3, 0.4) is 0 Å². The van der Waals surface area contributed by atoms with Crippen LogP contribution in [0.5, 0.6) is 0 Å². The van der Waals surface area contributed by atoms with Crippen molar-refractivity contribution in [1.82, 2.24) is 4.90 Å². The molecule has 1 rings (SSSR count). The van der Waals surface area contributed by atoms with Crippen molar-refractivity contribution in [2.45, 2.75) is 45.1 Å².